The molecule has 7 heteroatoms. The first-order valence-corrected chi connectivity index (χ1v) is 8.87. The van der Waals surface area contributed by atoms with Gasteiger partial charge in [-0.1, -0.05) is 0 Å². The number of amides is 1. The zero-order valence-electron chi connectivity index (χ0n) is 14.1. The standard InChI is InChI=1S/C17H25N5O2/c1-20-14-4-7-22(10-12(14)8-17(20)24)16-9-15(18-11-19-16)21-5-2-13(23)3-6-21/h9,11-14,23H,2-8,10H2,1H3/t12-,14+/m1/s1. The van der Waals surface area contributed by atoms with Gasteiger partial charge in [-0.2, -0.15) is 0 Å². The maximum absolute atomic E-state index is 11.9. The van der Waals surface area contributed by atoms with E-state index in [0.29, 0.717) is 18.4 Å². The lowest BCUT2D eigenvalue weighted by Gasteiger charge is -2.37. The molecule has 24 heavy (non-hydrogen) atoms. The molecule has 130 valence electrons. The van der Waals surface area contributed by atoms with Gasteiger partial charge in [0, 0.05) is 57.7 Å². The van der Waals surface area contributed by atoms with Crippen molar-refractivity contribution < 1.29 is 9.90 Å². The smallest absolute Gasteiger partial charge is 0.222 e. The molecule has 2 atom stereocenters. The minimum absolute atomic E-state index is 0.182. The molecule has 0 spiro atoms. The molecule has 0 bridgehead atoms. The van der Waals surface area contributed by atoms with Gasteiger partial charge in [0.05, 0.1) is 6.10 Å². The second-order valence-corrected chi connectivity index (χ2v) is 7.22. The number of fused-ring (bicyclic) bond motifs is 1. The molecule has 7 nitrogen and oxygen atoms in total. The quantitative estimate of drug-likeness (QED) is 0.851. The fourth-order valence-electron chi connectivity index (χ4n) is 4.27. The van der Waals surface area contributed by atoms with Crippen molar-refractivity contribution in [1.82, 2.24) is 14.9 Å². The normalized spacial score (nSPS) is 28.4. The Hall–Kier alpha value is -1.89. The molecule has 1 aromatic rings. The van der Waals surface area contributed by atoms with Crippen LogP contribution in [0.25, 0.3) is 0 Å². The van der Waals surface area contributed by atoms with Crippen LogP contribution in [0, 0.1) is 5.92 Å². The van der Waals surface area contributed by atoms with E-state index in [0.717, 1.165) is 57.1 Å². The van der Waals surface area contributed by atoms with Crippen molar-refractivity contribution in [2.24, 2.45) is 5.92 Å². The van der Waals surface area contributed by atoms with Gasteiger partial charge in [-0.15, -0.1) is 0 Å². The number of nitrogens with zero attached hydrogens (tertiary/aromatic N) is 5. The van der Waals surface area contributed by atoms with Crippen LogP contribution in [-0.4, -0.2) is 71.3 Å². The zero-order valence-corrected chi connectivity index (χ0v) is 14.1. The average Bonchev–Trinajstić information content (AvgIpc) is 2.89. The number of aliphatic hydroxyl groups excluding tert-OH is 1. The Labute approximate surface area is 142 Å². The molecule has 1 aromatic heterocycles. The van der Waals surface area contributed by atoms with Gasteiger partial charge in [0.1, 0.15) is 18.0 Å². The second kappa shape index (κ2) is 6.20. The minimum atomic E-state index is -0.182. The van der Waals surface area contributed by atoms with Crippen molar-refractivity contribution in [3.05, 3.63) is 12.4 Å². The predicted octanol–water partition coefficient (Wildman–Crippen LogP) is 0.495. The monoisotopic (exact) mass is 331 g/mol. The lowest BCUT2D eigenvalue weighted by molar-refractivity contribution is -0.127. The van der Waals surface area contributed by atoms with Crippen LogP contribution in [0.4, 0.5) is 11.6 Å². The maximum Gasteiger partial charge on any atom is 0.222 e. The van der Waals surface area contributed by atoms with Crippen molar-refractivity contribution in [2.45, 2.75) is 37.8 Å². The number of carbonyl (C=O) groups excluding carboxylic acids is 1. The summed E-state index contributed by atoms with van der Waals surface area (Å²) in [5, 5.41) is 9.66. The summed E-state index contributed by atoms with van der Waals surface area (Å²) in [7, 11) is 1.93. The van der Waals surface area contributed by atoms with Crippen LogP contribution < -0.4 is 9.80 Å². The van der Waals surface area contributed by atoms with Gasteiger partial charge in [-0.05, 0) is 19.3 Å². The number of hydrogen-bond acceptors (Lipinski definition) is 6. The molecule has 3 aliphatic heterocycles. The van der Waals surface area contributed by atoms with Crippen LogP contribution in [0.3, 0.4) is 0 Å². The number of piperidine rings is 2. The summed E-state index contributed by atoms with van der Waals surface area (Å²) in [5.41, 5.74) is 0. The number of aromatic nitrogens is 2. The number of rotatable bonds is 2. The molecule has 3 fully saturated rings. The molecule has 0 saturated carbocycles. The first-order chi connectivity index (χ1) is 11.6. The minimum Gasteiger partial charge on any atom is -0.393 e. The topological polar surface area (TPSA) is 72.8 Å². The molecule has 4 rings (SSSR count). The van der Waals surface area contributed by atoms with E-state index in [1.165, 1.54) is 0 Å². The molecule has 0 unspecified atom stereocenters. The van der Waals surface area contributed by atoms with Crippen LogP contribution in [0.15, 0.2) is 12.4 Å². The molecule has 3 aliphatic rings. The van der Waals surface area contributed by atoms with Gasteiger partial charge in [0.15, 0.2) is 0 Å². The number of carbonyl (C=O) groups is 1. The van der Waals surface area contributed by atoms with Crippen molar-refractivity contribution in [1.29, 1.82) is 0 Å². The van der Waals surface area contributed by atoms with Crippen LogP contribution in [0.5, 0.6) is 0 Å². The highest BCUT2D eigenvalue weighted by molar-refractivity contribution is 5.79. The third kappa shape index (κ3) is 2.81. The summed E-state index contributed by atoms with van der Waals surface area (Å²) >= 11 is 0. The molecule has 1 N–H and O–H groups in total. The third-order valence-corrected chi connectivity index (χ3v) is 5.77. The number of likely N-dealkylation sites (tertiary alicyclic amines) is 1. The van der Waals surface area contributed by atoms with E-state index in [4.69, 9.17) is 0 Å². The largest absolute Gasteiger partial charge is 0.393 e. The highest BCUT2D eigenvalue weighted by atomic mass is 16.3. The van der Waals surface area contributed by atoms with Crippen molar-refractivity contribution in [3.63, 3.8) is 0 Å². The molecular weight excluding hydrogens is 306 g/mol. The van der Waals surface area contributed by atoms with Gasteiger partial charge in [0.2, 0.25) is 5.91 Å². The molecule has 0 aromatic carbocycles. The van der Waals surface area contributed by atoms with Crippen LogP contribution >= 0.6 is 0 Å². The third-order valence-electron chi connectivity index (χ3n) is 5.77. The van der Waals surface area contributed by atoms with Crippen molar-refractivity contribution >= 4 is 17.5 Å². The van der Waals surface area contributed by atoms with Crippen LogP contribution in [-0.2, 0) is 4.79 Å². The summed E-state index contributed by atoms with van der Waals surface area (Å²) in [6, 6.07) is 2.44. The molecule has 1 amide bonds. The first-order valence-electron chi connectivity index (χ1n) is 8.87. The predicted molar refractivity (Wildman–Crippen MR) is 91.0 cm³/mol. The van der Waals surface area contributed by atoms with Crippen molar-refractivity contribution in [2.75, 3.05) is 43.0 Å². The molecule has 3 saturated heterocycles. The number of anilines is 2. The van der Waals surface area contributed by atoms with E-state index in [1.807, 2.05) is 11.9 Å². The molecule has 4 heterocycles. The fourth-order valence-corrected chi connectivity index (χ4v) is 4.27. The summed E-state index contributed by atoms with van der Waals surface area (Å²) in [6.45, 7) is 3.48. The molecule has 0 radical (unpaired) electrons. The van der Waals surface area contributed by atoms with Gasteiger partial charge >= 0.3 is 0 Å². The van der Waals surface area contributed by atoms with Gasteiger partial charge in [-0.25, -0.2) is 9.97 Å². The van der Waals surface area contributed by atoms with E-state index < -0.39 is 0 Å². The SMILES string of the molecule is CN1C(=O)C[C@@H]2CN(c3cc(N4CCC(O)CC4)ncn3)CC[C@@H]21. The first kappa shape index (κ1) is 15.6. The van der Waals surface area contributed by atoms with E-state index in [-0.39, 0.29) is 12.0 Å². The second-order valence-electron chi connectivity index (χ2n) is 7.22. The van der Waals surface area contributed by atoms with E-state index in [9.17, 15) is 9.90 Å². The van der Waals surface area contributed by atoms with E-state index >= 15 is 0 Å². The van der Waals surface area contributed by atoms with Crippen LogP contribution in [0.1, 0.15) is 25.7 Å². The Kier molecular flexibility index (Phi) is 4.04. The van der Waals surface area contributed by atoms with E-state index in [2.05, 4.69) is 25.8 Å². The lowest BCUT2D eigenvalue weighted by atomic mass is 9.93. The Morgan fingerprint density at radius 1 is 1.08 bits per heavy atom. The molecule has 0 aliphatic carbocycles. The average molecular weight is 331 g/mol. The summed E-state index contributed by atoms with van der Waals surface area (Å²) < 4.78 is 0. The lowest BCUT2D eigenvalue weighted by Crippen LogP contribution is -2.45. The van der Waals surface area contributed by atoms with E-state index in [1.54, 1.807) is 6.33 Å². The summed E-state index contributed by atoms with van der Waals surface area (Å²) in [6.07, 6.45) is 4.69. The zero-order chi connectivity index (χ0) is 16.7. The number of hydrogen-bond donors (Lipinski definition) is 1. The Morgan fingerprint density at radius 3 is 2.50 bits per heavy atom. The van der Waals surface area contributed by atoms with Gasteiger partial charge in [0.25, 0.3) is 0 Å². The highest BCUT2D eigenvalue weighted by Crippen LogP contribution is 2.33. The number of aliphatic hydroxyl groups is 1. The van der Waals surface area contributed by atoms with Crippen LogP contribution in [0.2, 0.25) is 0 Å². The Balaban J connectivity index is 1.47. The highest BCUT2D eigenvalue weighted by Gasteiger charge is 2.41. The Morgan fingerprint density at radius 2 is 1.75 bits per heavy atom. The van der Waals surface area contributed by atoms with Gasteiger partial charge < -0.3 is 19.8 Å². The van der Waals surface area contributed by atoms with Gasteiger partial charge in [-0.3, -0.25) is 4.79 Å². The fraction of sp³-hybridized carbons (Fsp3) is 0.706. The maximum atomic E-state index is 11.9. The van der Waals surface area contributed by atoms with Crippen molar-refractivity contribution in [3.8, 4) is 0 Å². The summed E-state index contributed by atoms with van der Waals surface area (Å²) in [4.78, 5) is 27.2. The molecular formula is C17H25N5O2. The Bertz CT molecular complexity index is 617. The summed E-state index contributed by atoms with van der Waals surface area (Å²) in [5.74, 6) is 2.56.